The highest BCUT2D eigenvalue weighted by Crippen LogP contribution is 2.60. The van der Waals surface area contributed by atoms with Crippen molar-refractivity contribution in [3.63, 3.8) is 0 Å². The number of rotatable bonds is 1. The van der Waals surface area contributed by atoms with Gasteiger partial charge in [0.25, 0.3) is 0 Å². The third-order valence-corrected chi connectivity index (χ3v) is 1.69. The van der Waals surface area contributed by atoms with Gasteiger partial charge < -0.3 is 9.79 Å². The fraction of sp³-hybridized carbons (Fsp3) is 1.00. The van der Waals surface area contributed by atoms with E-state index >= 15 is 0 Å². The first-order chi connectivity index (χ1) is 4.50. The lowest BCUT2D eigenvalue weighted by Gasteiger charge is -2.19. The number of alkyl halides is 5. The highest BCUT2D eigenvalue weighted by atomic mass is 35.5. The van der Waals surface area contributed by atoms with Crippen LogP contribution in [0.4, 0.5) is 22.0 Å². The summed E-state index contributed by atoms with van der Waals surface area (Å²) in [5.74, 6) is 0. The van der Waals surface area contributed by atoms with E-state index in [-0.39, 0.29) is 12.4 Å². The van der Waals surface area contributed by atoms with Crippen molar-refractivity contribution in [2.75, 3.05) is 0 Å². The molecule has 0 rings (SSSR count). The molecule has 0 bridgehead atoms. The maximum Gasteiger partial charge on any atom is 0.466 e. The third-order valence-electron chi connectivity index (χ3n) is 0.707. The fourth-order valence-electron chi connectivity index (χ4n) is 0.165. The second-order valence-electron chi connectivity index (χ2n) is 1.58. The Kier molecular flexibility index (Phi) is 4.20. The van der Waals surface area contributed by atoms with Gasteiger partial charge >= 0.3 is 19.4 Å². The molecule has 0 saturated heterocycles. The summed E-state index contributed by atoms with van der Waals surface area (Å²) in [5, 5.41) is 0. The van der Waals surface area contributed by atoms with E-state index < -0.39 is 19.4 Å². The molecule has 0 aromatic carbocycles. The number of halogens is 6. The van der Waals surface area contributed by atoms with Crippen LogP contribution < -0.4 is 0 Å². The molecule has 2 N–H and O–H groups in total. The van der Waals surface area contributed by atoms with Gasteiger partial charge in [0.15, 0.2) is 0 Å². The predicted molar refractivity (Wildman–Crippen MR) is 30.3 cm³/mol. The molecule has 0 fully saturated rings. The number of hydrogen-bond acceptors (Lipinski definition) is 1. The lowest BCUT2D eigenvalue weighted by Crippen LogP contribution is -2.35. The van der Waals surface area contributed by atoms with Gasteiger partial charge in [-0.1, -0.05) is 0 Å². The predicted octanol–water partition coefficient (Wildman–Crippen LogP) is 1.74. The van der Waals surface area contributed by atoms with Gasteiger partial charge in [-0.05, 0) is 0 Å². The van der Waals surface area contributed by atoms with Gasteiger partial charge in [-0.25, -0.2) is 0 Å². The molecule has 12 heavy (non-hydrogen) atoms. The molecule has 3 nitrogen and oxygen atoms in total. The van der Waals surface area contributed by atoms with Crippen LogP contribution >= 0.6 is 20.0 Å². The Morgan fingerprint density at radius 1 is 1.00 bits per heavy atom. The Morgan fingerprint density at radius 3 is 1.25 bits per heavy atom. The molecule has 0 aliphatic carbocycles. The van der Waals surface area contributed by atoms with E-state index in [1.807, 2.05) is 0 Å². The van der Waals surface area contributed by atoms with Crippen molar-refractivity contribution in [1.29, 1.82) is 0 Å². The van der Waals surface area contributed by atoms with Crippen LogP contribution in [0.3, 0.4) is 0 Å². The van der Waals surface area contributed by atoms with Gasteiger partial charge in [-0.3, -0.25) is 4.57 Å². The second-order valence-corrected chi connectivity index (χ2v) is 3.23. The smallest absolute Gasteiger partial charge is 0.320 e. The molecular formula is C2H3ClF5O3P. The average molecular weight is 236 g/mol. The van der Waals surface area contributed by atoms with Crippen molar-refractivity contribution < 1.29 is 36.3 Å². The van der Waals surface area contributed by atoms with Crippen molar-refractivity contribution in [1.82, 2.24) is 0 Å². The van der Waals surface area contributed by atoms with Crippen LogP contribution in [0.2, 0.25) is 0 Å². The second kappa shape index (κ2) is 3.45. The van der Waals surface area contributed by atoms with Crippen molar-refractivity contribution >= 4 is 20.0 Å². The van der Waals surface area contributed by atoms with Crippen molar-refractivity contribution in [2.45, 2.75) is 11.8 Å². The van der Waals surface area contributed by atoms with E-state index in [4.69, 9.17) is 9.79 Å². The molecule has 0 heterocycles. The van der Waals surface area contributed by atoms with Crippen LogP contribution in [0.25, 0.3) is 0 Å². The first kappa shape index (κ1) is 14.6. The lowest BCUT2D eigenvalue weighted by atomic mass is 10.7. The Morgan fingerprint density at radius 2 is 1.25 bits per heavy atom. The van der Waals surface area contributed by atoms with Crippen molar-refractivity contribution in [3.8, 4) is 0 Å². The van der Waals surface area contributed by atoms with Crippen LogP contribution in [-0.4, -0.2) is 21.6 Å². The molecule has 0 aromatic heterocycles. The van der Waals surface area contributed by atoms with E-state index in [1.54, 1.807) is 0 Å². The molecule has 0 aliphatic heterocycles. The standard InChI is InChI=1S/C2H2F5O3P.ClH/c3-1(4,5)2(6,7)11(8,9)10;/h(H2,8,9,10);1H. The van der Waals surface area contributed by atoms with E-state index in [9.17, 15) is 26.5 Å². The van der Waals surface area contributed by atoms with E-state index in [1.165, 1.54) is 0 Å². The quantitative estimate of drug-likeness (QED) is 0.538. The molecule has 0 radical (unpaired) electrons. The molecular weight excluding hydrogens is 233 g/mol. The molecule has 0 aliphatic rings. The highest BCUT2D eigenvalue weighted by molar-refractivity contribution is 7.53. The zero-order valence-corrected chi connectivity index (χ0v) is 6.76. The summed E-state index contributed by atoms with van der Waals surface area (Å²) in [6.45, 7) is 0. The van der Waals surface area contributed by atoms with Gasteiger partial charge in [0.1, 0.15) is 0 Å². The minimum Gasteiger partial charge on any atom is -0.320 e. The van der Waals surface area contributed by atoms with Crippen molar-refractivity contribution in [3.05, 3.63) is 0 Å². The maximum absolute atomic E-state index is 11.5. The van der Waals surface area contributed by atoms with Crippen molar-refractivity contribution in [2.24, 2.45) is 0 Å². The zero-order chi connectivity index (χ0) is 9.50. The topological polar surface area (TPSA) is 57.5 Å². The molecule has 0 unspecified atom stereocenters. The van der Waals surface area contributed by atoms with Gasteiger partial charge in [0.2, 0.25) is 0 Å². The largest absolute Gasteiger partial charge is 0.466 e. The van der Waals surface area contributed by atoms with Gasteiger partial charge in [-0.15, -0.1) is 12.4 Å². The normalized spacial score (nSPS) is 13.9. The highest BCUT2D eigenvalue weighted by Gasteiger charge is 2.69. The Hall–Kier alpha value is 0.0900. The first-order valence-corrected chi connectivity index (χ1v) is 3.61. The van der Waals surface area contributed by atoms with Crippen LogP contribution in [0.1, 0.15) is 0 Å². The number of hydrogen-bond donors (Lipinski definition) is 2. The fourth-order valence-corrected chi connectivity index (χ4v) is 0.495. The molecule has 0 saturated carbocycles. The zero-order valence-electron chi connectivity index (χ0n) is 5.05. The van der Waals surface area contributed by atoms with Gasteiger partial charge in [-0.2, -0.15) is 22.0 Å². The summed E-state index contributed by atoms with van der Waals surface area (Å²) < 4.78 is 65.9. The molecule has 0 spiro atoms. The summed E-state index contributed by atoms with van der Waals surface area (Å²) >= 11 is 0. The summed E-state index contributed by atoms with van der Waals surface area (Å²) in [4.78, 5) is 15.0. The third kappa shape index (κ3) is 2.55. The SMILES string of the molecule is Cl.O=P(O)(O)C(F)(F)C(F)(F)F. The average Bonchev–Trinajstić information content (AvgIpc) is 1.58. The van der Waals surface area contributed by atoms with Crippen LogP contribution in [-0.2, 0) is 4.57 Å². The van der Waals surface area contributed by atoms with E-state index in [2.05, 4.69) is 0 Å². The Bertz CT molecular complexity index is 195. The molecule has 0 atom stereocenters. The molecule has 0 amide bonds. The maximum atomic E-state index is 11.5. The first-order valence-electron chi connectivity index (χ1n) is 2.00. The minimum atomic E-state index is -6.45. The van der Waals surface area contributed by atoms with Crippen LogP contribution in [0.15, 0.2) is 0 Å². The van der Waals surface area contributed by atoms with E-state index in [0.29, 0.717) is 0 Å². The van der Waals surface area contributed by atoms with Gasteiger partial charge in [0, 0.05) is 0 Å². The molecule has 76 valence electrons. The van der Waals surface area contributed by atoms with E-state index in [0.717, 1.165) is 0 Å². The monoisotopic (exact) mass is 236 g/mol. The Balaban J connectivity index is 0. The molecule has 10 heteroatoms. The lowest BCUT2D eigenvalue weighted by molar-refractivity contribution is -0.248. The summed E-state index contributed by atoms with van der Waals surface area (Å²) in [6, 6.07) is 0. The summed E-state index contributed by atoms with van der Waals surface area (Å²) in [7, 11) is -6.45. The summed E-state index contributed by atoms with van der Waals surface area (Å²) in [5.41, 5.74) is -5.96. The van der Waals surface area contributed by atoms with Crippen LogP contribution in [0, 0.1) is 0 Å². The molecule has 0 aromatic rings. The van der Waals surface area contributed by atoms with Gasteiger partial charge in [0.05, 0.1) is 0 Å². The summed E-state index contributed by atoms with van der Waals surface area (Å²) in [6.07, 6.45) is -6.22. The Labute approximate surface area is 69.1 Å². The van der Waals surface area contributed by atoms with Crippen LogP contribution in [0.5, 0.6) is 0 Å². The minimum absolute atomic E-state index is 0.